The van der Waals surface area contributed by atoms with Crippen LogP contribution in [-0.2, 0) is 0 Å². The molecule has 3 nitrogen and oxygen atoms in total. The van der Waals surface area contributed by atoms with Crippen molar-refractivity contribution >= 4 is 5.91 Å². The van der Waals surface area contributed by atoms with Crippen LogP contribution in [-0.4, -0.2) is 34.1 Å². The highest BCUT2D eigenvalue weighted by atomic mass is 16.3. The Kier molecular flexibility index (Phi) is 4.34. The lowest BCUT2D eigenvalue weighted by atomic mass is 9.71. The van der Waals surface area contributed by atoms with Crippen LogP contribution in [0, 0.1) is 5.92 Å². The van der Waals surface area contributed by atoms with Crippen molar-refractivity contribution in [3.05, 3.63) is 48.6 Å². The van der Waals surface area contributed by atoms with Gasteiger partial charge in [0, 0.05) is 11.1 Å². The second-order valence-electron chi connectivity index (χ2n) is 6.61. The van der Waals surface area contributed by atoms with Gasteiger partial charge >= 0.3 is 0 Å². The second-order valence-corrected chi connectivity index (χ2v) is 6.61. The molecule has 1 heterocycles. The van der Waals surface area contributed by atoms with Gasteiger partial charge in [-0.1, -0.05) is 37.1 Å². The molecule has 1 N–H and O–H groups in total. The molecule has 1 aromatic carbocycles. The van der Waals surface area contributed by atoms with Crippen molar-refractivity contribution in [2.24, 2.45) is 5.92 Å². The molecule has 0 aromatic heterocycles. The molecule has 3 heteroatoms. The maximum Gasteiger partial charge on any atom is 0.254 e. The van der Waals surface area contributed by atoms with E-state index < -0.39 is 0 Å². The van der Waals surface area contributed by atoms with E-state index in [0.717, 1.165) is 37.7 Å². The van der Waals surface area contributed by atoms with Crippen LogP contribution in [0.4, 0.5) is 0 Å². The number of hydrogen-bond donors (Lipinski definition) is 1. The average molecular weight is 299 g/mol. The molecule has 3 rings (SSSR count). The van der Waals surface area contributed by atoms with Crippen LogP contribution in [0.2, 0.25) is 0 Å². The SMILES string of the molecule is C=C[C@@H]1CCCC[C@]12CC[C@@H](CO)N2C(=O)c1ccccc1. The molecule has 1 amide bonds. The normalized spacial score (nSPS) is 31.4. The van der Waals surface area contributed by atoms with Crippen LogP contribution in [0.5, 0.6) is 0 Å². The summed E-state index contributed by atoms with van der Waals surface area (Å²) < 4.78 is 0. The van der Waals surface area contributed by atoms with Crippen LogP contribution in [0.3, 0.4) is 0 Å². The van der Waals surface area contributed by atoms with E-state index in [0.29, 0.717) is 5.92 Å². The third-order valence-corrected chi connectivity index (χ3v) is 5.56. The highest BCUT2D eigenvalue weighted by molar-refractivity contribution is 5.95. The van der Waals surface area contributed by atoms with E-state index in [9.17, 15) is 9.90 Å². The molecule has 2 aliphatic rings. The van der Waals surface area contributed by atoms with Crippen molar-refractivity contribution in [1.29, 1.82) is 0 Å². The molecule has 0 unspecified atom stereocenters. The zero-order chi connectivity index (χ0) is 15.6. The topological polar surface area (TPSA) is 40.5 Å². The van der Waals surface area contributed by atoms with Gasteiger partial charge in [-0.2, -0.15) is 0 Å². The summed E-state index contributed by atoms with van der Waals surface area (Å²) in [6.45, 7) is 4.07. The van der Waals surface area contributed by atoms with Crippen LogP contribution >= 0.6 is 0 Å². The van der Waals surface area contributed by atoms with Gasteiger partial charge in [0.15, 0.2) is 0 Å². The lowest BCUT2D eigenvalue weighted by Crippen LogP contribution is -2.56. The van der Waals surface area contributed by atoms with E-state index in [2.05, 4.69) is 6.58 Å². The van der Waals surface area contributed by atoms with Gasteiger partial charge in [-0.15, -0.1) is 6.58 Å². The number of hydrogen-bond acceptors (Lipinski definition) is 2. The lowest BCUT2D eigenvalue weighted by molar-refractivity contribution is 0.0152. The zero-order valence-electron chi connectivity index (χ0n) is 13.1. The van der Waals surface area contributed by atoms with Gasteiger partial charge in [0.25, 0.3) is 5.91 Å². The van der Waals surface area contributed by atoms with E-state index in [1.165, 1.54) is 6.42 Å². The van der Waals surface area contributed by atoms with Gasteiger partial charge in [0.1, 0.15) is 0 Å². The molecule has 1 spiro atoms. The zero-order valence-corrected chi connectivity index (χ0v) is 13.1. The Balaban J connectivity index is 1.99. The number of aliphatic hydroxyl groups is 1. The second kappa shape index (κ2) is 6.25. The van der Waals surface area contributed by atoms with Crippen LogP contribution in [0.15, 0.2) is 43.0 Å². The van der Waals surface area contributed by atoms with Crippen molar-refractivity contribution in [1.82, 2.24) is 4.90 Å². The molecule has 1 aliphatic heterocycles. The fourth-order valence-corrected chi connectivity index (χ4v) is 4.49. The van der Waals surface area contributed by atoms with E-state index in [1.807, 2.05) is 41.3 Å². The Morgan fingerprint density at radius 3 is 2.73 bits per heavy atom. The monoisotopic (exact) mass is 299 g/mol. The number of benzene rings is 1. The summed E-state index contributed by atoms with van der Waals surface area (Å²) in [5, 5.41) is 9.79. The summed E-state index contributed by atoms with van der Waals surface area (Å²) in [5.74, 6) is 0.399. The Morgan fingerprint density at radius 1 is 1.27 bits per heavy atom. The first-order valence-corrected chi connectivity index (χ1v) is 8.35. The minimum Gasteiger partial charge on any atom is -0.394 e. The molecular formula is C19H25NO2. The van der Waals surface area contributed by atoms with Gasteiger partial charge in [0.05, 0.1) is 12.6 Å². The third kappa shape index (κ3) is 2.38. The molecular weight excluding hydrogens is 274 g/mol. The van der Waals surface area contributed by atoms with Crippen molar-refractivity contribution < 1.29 is 9.90 Å². The fraction of sp³-hybridized carbons (Fsp3) is 0.526. The van der Waals surface area contributed by atoms with E-state index >= 15 is 0 Å². The van der Waals surface area contributed by atoms with Gasteiger partial charge in [0.2, 0.25) is 0 Å². The first-order chi connectivity index (χ1) is 10.7. The smallest absolute Gasteiger partial charge is 0.254 e. The molecule has 1 saturated heterocycles. The van der Waals surface area contributed by atoms with Crippen LogP contribution in [0.25, 0.3) is 0 Å². The lowest BCUT2D eigenvalue weighted by Gasteiger charge is -2.48. The summed E-state index contributed by atoms with van der Waals surface area (Å²) >= 11 is 0. The predicted octanol–water partition coefficient (Wildman–Crippen LogP) is 3.40. The summed E-state index contributed by atoms with van der Waals surface area (Å²) in [7, 11) is 0. The summed E-state index contributed by atoms with van der Waals surface area (Å²) in [5.41, 5.74) is 0.580. The highest BCUT2D eigenvalue weighted by Gasteiger charge is 2.52. The summed E-state index contributed by atoms with van der Waals surface area (Å²) in [6, 6.07) is 9.40. The van der Waals surface area contributed by atoms with Crippen molar-refractivity contribution in [2.75, 3.05) is 6.61 Å². The minimum atomic E-state index is -0.139. The predicted molar refractivity (Wildman–Crippen MR) is 87.6 cm³/mol. The minimum absolute atomic E-state index is 0.0458. The number of rotatable bonds is 3. The quantitative estimate of drug-likeness (QED) is 0.869. The molecule has 118 valence electrons. The Morgan fingerprint density at radius 2 is 2.05 bits per heavy atom. The summed E-state index contributed by atoms with van der Waals surface area (Å²) in [6.07, 6.45) is 8.38. The molecule has 1 aliphatic carbocycles. The molecule has 1 aromatic rings. The molecule has 0 radical (unpaired) electrons. The van der Waals surface area contributed by atoms with Crippen molar-refractivity contribution in [3.63, 3.8) is 0 Å². The maximum absolute atomic E-state index is 13.1. The van der Waals surface area contributed by atoms with E-state index in [-0.39, 0.29) is 24.1 Å². The van der Waals surface area contributed by atoms with Gasteiger partial charge in [-0.3, -0.25) is 4.79 Å². The van der Waals surface area contributed by atoms with Crippen molar-refractivity contribution in [2.45, 2.75) is 50.1 Å². The average Bonchev–Trinajstić information content (AvgIpc) is 2.94. The molecule has 3 atom stereocenters. The molecule has 1 saturated carbocycles. The molecule has 2 fully saturated rings. The number of amides is 1. The molecule has 0 bridgehead atoms. The van der Waals surface area contributed by atoms with Gasteiger partial charge in [-0.25, -0.2) is 0 Å². The van der Waals surface area contributed by atoms with Gasteiger partial charge < -0.3 is 10.0 Å². The molecule has 22 heavy (non-hydrogen) atoms. The third-order valence-electron chi connectivity index (χ3n) is 5.56. The Bertz CT molecular complexity index is 542. The number of carbonyl (C=O) groups is 1. The fourth-order valence-electron chi connectivity index (χ4n) is 4.49. The summed E-state index contributed by atoms with van der Waals surface area (Å²) in [4.78, 5) is 15.1. The first-order valence-electron chi connectivity index (χ1n) is 8.35. The number of carbonyl (C=O) groups excluding carboxylic acids is 1. The standard InChI is InChI=1S/C19H25NO2/c1-2-16-10-6-7-12-19(16)13-11-17(14-21)20(19)18(22)15-8-4-3-5-9-15/h2-5,8-9,16-17,21H,1,6-7,10-14H2/t16-,17+,19+/m1/s1. The first kappa shape index (κ1) is 15.3. The van der Waals surface area contributed by atoms with E-state index in [1.54, 1.807) is 0 Å². The van der Waals surface area contributed by atoms with Crippen molar-refractivity contribution in [3.8, 4) is 0 Å². The van der Waals surface area contributed by atoms with Crippen LogP contribution in [0.1, 0.15) is 48.9 Å². The Hall–Kier alpha value is -1.61. The number of likely N-dealkylation sites (tertiary alicyclic amines) is 1. The Labute approximate surface area is 132 Å². The highest BCUT2D eigenvalue weighted by Crippen LogP contribution is 2.48. The number of nitrogens with zero attached hydrogens (tertiary/aromatic N) is 1. The number of aliphatic hydroxyl groups excluding tert-OH is 1. The van der Waals surface area contributed by atoms with Crippen LogP contribution < -0.4 is 0 Å². The maximum atomic E-state index is 13.1. The largest absolute Gasteiger partial charge is 0.394 e. The van der Waals surface area contributed by atoms with E-state index in [4.69, 9.17) is 0 Å². The van der Waals surface area contributed by atoms with Gasteiger partial charge in [-0.05, 0) is 43.7 Å².